The van der Waals surface area contributed by atoms with Crippen molar-refractivity contribution in [2.75, 3.05) is 19.9 Å². The van der Waals surface area contributed by atoms with Crippen LogP contribution in [0, 0.1) is 0 Å². The Morgan fingerprint density at radius 2 is 2.21 bits per heavy atom. The molecule has 2 aromatic rings. The highest BCUT2D eigenvalue weighted by Crippen LogP contribution is 2.21. The van der Waals surface area contributed by atoms with Crippen molar-refractivity contribution in [1.29, 1.82) is 0 Å². The van der Waals surface area contributed by atoms with Gasteiger partial charge >= 0.3 is 0 Å². The van der Waals surface area contributed by atoms with E-state index in [0.717, 1.165) is 5.76 Å². The minimum Gasteiger partial charge on any atom is -0.497 e. The molecule has 1 aromatic heterocycles. The molecule has 5 heteroatoms. The van der Waals surface area contributed by atoms with Gasteiger partial charge in [0.1, 0.15) is 11.5 Å². The summed E-state index contributed by atoms with van der Waals surface area (Å²) in [4.78, 5) is 13.9. The molecule has 5 nitrogen and oxygen atoms in total. The molecule has 1 aromatic carbocycles. The molecule has 100 valence electrons. The fourth-order valence-corrected chi connectivity index (χ4v) is 1.76. The lowest BCUT2D eigenvalue weighted by molar-refractivity contribution is 0.0776. The van der Waals surface area contributed by atoms with E-state index in [2.05, 4.69) is 0 Å². The van der Waals surface area contributed by atoms with Crippen molar-refractivity contribution in [3.8, 4) is 5.75 Å². The molecule has 0 atom stereocenters. The summed E-state index contributed by atoms with van der Waals surface area (Å²) in [7, 11) is 3.25. The summed E-state index contributed by atoms with van der Waals surface area (Å²) in [5.74, 6) is 1.15. The zero-order valence-electron chi connectivity index (χ0n) is 10.9. The van der Waals surface area contributed by atoms with Crippen LogP contribution in [-0.4, -0.2) is 25.0 Å². The van der Waals surface area contributed by atoms with E-state index in [4.69, 9.17) is 14.9 Å². The molecule has 0 saturated carbocycles. The van der Waals surface area contributed by atoms with Crippen molar-refractivity contribution in [2.45, 2.75) is 6.54 Å². The number of furan rings is 1. The average Bonchev–Trinajstić information content (AvgIpc) is 2.91. The minimum atomic E-state index is -0.173. The first-order valence-electron chi connectivity index (χ1n) is 5.83. The van der Waals surface area contributed by atoms with Crippen LogP contribution in [-0.2, 0) is 6.54 Å². The summed E-state index contributed by atoms with van der Waals surface area (Å²) in [6, 6.07) is 8.62. The van der Waals surface area contributed by atoms with Crippen molar-refractivity contribution in [3.05, 3.63) is 47.9 Å². The number of nitrogens with two attached hydrogens (primary N) is 1. The van der Waals surface area contributed by atoms with Gasteiger partial charge in [0.15, 0.2) is 0 Å². The zero-order chi connectivity index (χ0) is 13.8. The predicted octanol–water partition coefficient (Wildman–Crippen LogP) is 2.14. The molecule has 1 amide bonds. The Bertz CT molecular complexity index is 564. The van der Waals surface area contributed by atoms with Crippen molar-refractivity contribution in [3.63, 3.8) is 0 Å². The second kappa shape index (κ2) is 5.48. The van der Waals surface area contributed by atoms with E-state index in [1.54, 1.807) is 49.6 Å². The summed E-state index contributed by atoms with van der Waals surface area (Å²) in [6.45, 7) is 0.391. The standard InChI is InChI=1S/C14H16N2O3/c1-16(9-11-4-3-7-19-11)14(17)12-8-10(18-2)5-6-13(12)15/h3-8H,9,15H2,1-2H3. The summed E-state index contributed by atoms with van der Waals surface area (Å²) in [6.07, 6.45) is 1.58. The Morgan fingerprint density at radius 3 is 2.84 bits per heavy atom. The Labute approximate surface area is 111 Å². The third-order valence-corrected chi connectivity index (χ3v) is 2.81. The lowest BCUT2D eigenvalue weighted by Gasteiger charge is -2.17. The van der Waals surface area contributed by atoms with E-state index < -0.39 is 0 Å². The first kappa shape index (κ1) is 13.0. The largest absolute Gasteiger partial charge is 0.497 e. The van der Waals surface area contributed by atoms with Crippen LogP contribution in [0.2, 0.25) is 0 Å². The van der Waals surface area contributed by atoms with E-state index in [0.29, 0.717) is 23.5 Å². The quantitative estimate of drug-likeness (QED) is 0.855. The number of hydrogen-bond acceptors (Lipinski definition) is 4. The fraction of sp³-hybridized carbons (Fsp3) is 0.214. The molecule has 2 N–H and O–H groups in total. The van der Waals surface area contributed by atoms with Crippen molar-refractivity contribution < 1.29 is 13.9 Å². The van der Waals surface area contributed by atoms with Crippen LogP contribution < -0.4 is 10.5 Å². The topological polar surface area (TPSA) is 68.7 Å². The third-order valence-electron chi connectivity index (χ3n) is 2.81. The zero-order valence-corrected chi connectivity index (χ0v) is 10.9. The van der Waals surface area contributed by atoms with Gasteiger partial charge in [0.25, 0.3) is 5.91 Å². The molecule has 19 heavy (non-hydrogen) atoms. The van der Waals surface area contributed by atoms with Crippen molar-refractivity contribution in [1.82, 2.24) is 4.90 Å². The lowest BCUT2D eigenvalue weighted by atomic mass is 10.1. The maximum absolute atomic E-state index is 12.3. The summed E-state index contributed by atoms with van der Waals surface area (Å²) in [5.41, 5.74) is 6.68. The number of carbonyl (C=O) groups is 1. The molecule has 0 saturated heterocycles. The fourth-order valence-electron chi connectivity index (χ4n) is 1.76. The lowest BCUT2D eigenvalue weighted by Crippen LogP contribution is -2.26. The summed E-state index contributed by atoms with van der Waals surface area (Å²) in [5, 5.41) is 0. The highest BCUT2D eigenvalue weighted by Gasteiger charge is 2.16. The van der Waals surface area contributed by atoms with Gasteiger partial charge < -0.3 is 19.8 Å². The highest BCUT2D eigenvalue weighted by atomic mass is 16.5. The van der Waals surface area contributed by atoms with E-state index in [1.807, 2.05) is 6.07 Å². The first-order chi connectivity index (χ1) is 9.11. The molecule has 0 aliphatic rings. The molecule has 0 aliphatic carbocycles. The van der Waals surface area contributed by atoms with Gasteiger partial charge in [-0.1, -0.05) is 0 Å². The summed E-state index contributed by atoms with van der Waals surface area (Å²) >= 11 is 0. The van der Waals surface area contributed by atoms with Crippen LogP contribution in [0.5, 0.6) is 5.75 Å². The van der Waals surface area contributed by atoms with Gasteiger partial charge in [0.2, 0.25) is 0 Å². The van der Waals surface area contributed by atoms with Gasteiger partial charge in [0.05, 0.1) is 25.5 Å². The van der Waals surface area contributed by atoms with Gasteiger partial charge in [-0.05, 0) is 30.3 Å². The molecular weight excluding hydrogens is 244 g/mol. The number of rotatable bonds is 4. The van der Waals surface area contributed by atoms with Crippen LogP contribution >= 0.6 is 0 Å². The van der Waals surface area contributed by atoms with Gasteiger partial charge in [-0.2, -0.15) is 0 Å². The number of nitrogen functional groups attached to an aromatic ring is 1. The predicted molar refractivity (Wildman–Crippen MR) is 71.9 cm³/mol. The van der Waals surface area contributed by atoms with Crippen molar-refractivity contribution in [2.24, 2.45) is 0 Å². The maximum Gasteiger partial charge on any atom is 0.256 e. The number of hydrogen-bond donors (Lipinski definition) is 1. The number of carbonyl (C=O) groups excluding carboxylic acids is 1. The van der Waals surface area contributed by atoms with E-state index in [-0.39, 0.29) is 5.91 Å². The molecule has 0 bridgehead atoms. The van der Waals surface area contributed by atoms with Crippen LogP contribution in [0.1, 0.15) is 16.1 Å². The number of amides is 1. The maximum atomic E-state index is 12.3. The number of benzene rings is 1. The summed E-state index contributed by atoms with van der Waals surface area (Å²) < 4.78 is 10.3. The van der Waals surface area contributed by atoms with Crippen LogP contribution in [0.25, 0.3) is 0 Å². The Hall–Kier alpha value is -2.43. The number of methoxy groups -OCH3 is 1. The SMILES string of the molecule is COc1ccc(N)c(C(=O)N(C)Cc2ccco2)c1. The van der Waals surface area contributed by atoms with Gasteiger partial charge in [-0.25, -0.2) is 0 Å². The first-order valence-corrected chi connectivity index (χ1v) is 5.83. The van der Waals surface area contributed by atoms with Crippen molar-refractivity contribution >= 4 is 11.6 Å². The molecule has 0 spiro atoms. The minimum absolute atomic E-state index is 0.173. The van der Waals surface area contributed by atoms with Gasteiger partial charge in [-0.3, -0.25) is 4.79 Å². The average molecular weight is 260 g/mol. The monoisotopic (exact) mass is 260 g/mol. The Kier molecular flexibility index (Phi) is 3.75. The van der Waals surface area contributed by atoms with Crippen LogP contribution in [0.3, 0.4) is 0 Å². The third kappa shape index (κ3) is 2.88. The molecule has 2 rings (SSSR count). The number of anilines is 1. The van der Waals surface area contributed by atoms with Gasteiger partial charge in [-0.15, -0.1) is 0 Å². The molecule has 0 radical (unpaired) electrons. The van der Waals surface area contributed by atoms with E-state index in [1.165, 1.54) is 0 Å². The molecule has 0 aliphatic heterocycles. The van der Waals surface area contributed by atoms with E-state index in [9.17, 15) is 4.79 Å². The Morgan fingerprint density at radius 1 is 1.42 bits per heavy atom. The highest BCUT2D eigenvalue weighted by molar-refractivity contribution is 5.99. The molecular formula is C14H16N2O3. The second-order valence-electron chi connectivity index (χ2n) is 4.19. The van der Waals surface area contributed by atoms with Gasteiger partial charge in [0, 0.05) is 12.7 Å². The number of ether oxygens (including phenoxy) is 1. The smallest absolute Gasteiger partial charge is 0.256 e. The normalized spacial score (nSPS) is 10.2. The van der Waals surface area contributed by atoms with Crippen LogP contribution in [0.15, 0.2) is 41.0 Å². The molecule has 1 heterocycles. The second-order valence-corrected chi connectivity index (χ2v) is 4.19. The van der Waals surface area contributed by atoms with E-state index >= 15 is 0 Å². The number of nitrogens with zero attached hydrogens (tertiary/aromatic N) is 1. The molecule has 0 unspecified atom stereocenters. The molecule has 0 fully saturated rings. The Balaban J connectivity index is 2.18. The van der Waals surface area contributed by atoms with Crippen LogP contribution in [0.4, 0.5) is 5.69 Å².